The van der Waals surface area contributed by atoms with E-state index in [4.69, 9.17) is 5.73 Å². The lowest BCUT2D eigenvalue weighted by Gasteiger charge is -2.53. The van der Waals surface area contributed by atoms with E-state index in [1.807, 2.05) is 18.2 Å². The Morgan fingerprint density at radius 2 is 2.14 bits per heavy atom. The first-order valence-corrected chi connectivity index (χ1v) is 8.19. The van der Waals surface area contributed by atoms with Gasteiger partial charge in [0.05, 0.1) is 6.04 Å². The first-order valence-electron chi connectivity index (χ1n) is 8.19. The van der Waals surface area contributed by atoms with Gasteiger partial charge in [0.15, 0.2) is 5.78 Å². The predicted molar refractivity (Wildman–Crippen MR) is 84.4 cm³/mol. The second-order valence-electron chi connectivity index (χ2n) is 7.51. The fraction of sp³-hybridized carbons (Fsp3) is 0.611. The molecule has 2 fully saturated rings. The average molecular weight is 284 g/mol. The van der Waals surface area contributed by atoms with Crippen LogP contribution in [0.3, 0.4) is 0 Å². The molecule has 3 aliphatic rings. The monoisotopic (exact) mass is 284 g/mol. The number of nitrogens with two attached hydrogens (primary N) is 1. The molecule has 0 aromatic heterocycles. The van der Waals surface area contributed by atoms with E-state index in [1.165, 1.54) is 18.4 Å². The number of fused-ring (bicyclic) bond motifs is 4. The molecule has 1 aliphatic heterocycles. The molecule has 1 unspecified atom stereocenters. The Hall–Kier alpha value is -1.35. The van der Waals surface area contributed by atoms with Gasteiger partial charge in [0.1, 0.15) is 0 Å². The van der Waals surface area contributed by atoms with Gasteiger partial charge in [-0.2, -0.15) is 0 Å². The van der Waals surface area contributed by atoms with Crippen molar-refractivity contribution in [1.82, 2.24) is 4.90 Å². The smallest absolute Gasteiger partial charge is 0.180 e. The van der Waals surface area contributed by atoms with Crippen LogP contribution in [0, 0.1) is 11.8 Å². The lowest BCUT2D eigenvalue weighted by Crippen LogP contribution is -2.61. The van der Waals surface area contributed by atoms with E-state index in [0.717, 1.165) is 36.7 Å². The summed E-state index contributed by atoms with van der Waals surface area (Å²) in [4.78, 5) is 15.5. The zero-order valence-corrected chi connectivity index (χ0v) is 12.9. The van der Waals surface area contributed by atoms with E-state index in [2.05, 4.69) is 18.7 Å². The van der Waals surface area contributed by atoms with E-state index < -0.39 is 0 Å². The van der Waals surface area contributed by atoms with Crippen LogP contribution < -0.4 is 5.73 Å². The molecule has 1 aromatic carbocycles. The number of carbonyl (C=O) groups excluding carboxylic acids is 1. The molecule has 3 heteroatoms. The molecule has 1 heterocycles. The largest absolute Gasteiger partial charge is 0.399 e. The minimum Gasteiger partial charge on any atom is -0.399 e. The lowest BCUT2D eigenvalue weighted by molar-refractivity contribution is 0.0266. The topological polar surface area (TPSA) is 46.3 Å². The van der Waals surface area contributed by atoms with Gasteiger partial charge < -0.3 is 5.73 Å². The maximum atomic E-state index is 13.0. The summed E-state index contributed by atoms with van der Waals surface area (Å²) in [5.41, 5.74) is 8.93. The van der Waals surface area contributed by atoms with Crippen LogP contribution in [0.5, 0.6) is 0 Å². The van der Waals surface area contributed by atoms with Gasteiger partial charge in [-0.15, -0.1) is 0 Å². The number of anilines is 1. The molecule has 112 valence electrons. The summed E-state index contributed by atoms with van der Waals surface area (Å²) in [7, 11) is 0. The molecule has 1 saturated carbocycles. The number of rotatable bonds is 2. The molecule has 1 saturated heterocycles. The Bertz CT molecular complexity index is 607. The van der Waals surface area contributed by atoms with Crippen molar-refractivity contribution in [2.75, 3.05) is 18.8 Å². The van der Waals surface area contributed by atoms with E-state index in [9.17, 15) is 4.79 Å². The van der Waals surface area contributed by atoms with Crippen LogP contribution in [-0.2, 0) is 5.41 Å². The van der Waals surface area contributed by atoms with Crippen LogP contribution in [0.25, 0.3) is 0 Å². The van der Waals surface area contributed by atoms with E-state index in [0.29, 0.717) is 11.7 Å². The second kappa shape index (κ2) is 4.33. The summed E-state index contributed by atoms with van der Waals surface area (Å²) in [5.74, 6) is 1.52. The minimum absolute atomic E-state index is 0.0699. The third kappa shape index (κ3) is 1.87. The van der Waals surface area contributed by atoms with Crippen LogP contribution in [0.2, 0.25) is 0 Å². The van der Waals surface area contributed by atoms with Crippen molar-refractivity contribution >= 4 is 11.5 Å². The number of likely N-dealkylation sites (tertiary alicyclic amines) is 1. The normalized spacial score (nSPS) is 35.6. The molecule has 0 spiro atoms. The molecule has 0 amide bonds. The highest BCUT2D eigenvalue weighted by Gasteiger charge is 2.52. The molecule has 3 atom stereocenters. The molecule has 3 nitrogen and oxygen atoms in total. The number of nitrogen functional groups attached to an aromatic ring is 1. The summed E-state index contributed by atoms with van der Waals surface area (Å²) in [5, 5.41) is 0. The third-order valence-corrected chi connectivity index (χ3v) is 6.17. The number of carbonyl (C=O) groups is 1. The number of hydrogen-bond acceptors (Lipinski definition) is 3. The van der Waals surface area contributed by atoms with Gasteiger partial charge in [-0.25, -0.2) is 0 Å². The van der Waals surface area contributed by atoms with Crippen LogP contribution in [0.15, 0.2) is 18.2 Å². The van der Waals surface area contributed by atoms with Crippen molar-refractivity contribution < 1.29 is 4.79 Å². The Morgan fingerprint density at radius 3 is 2.86 bits per heavy atom. The number of ketones is 1. The molecular formula is C18H24N2O. The average Bonchev–Trinajstić information content (AvgIpc) is 3.25. The van der Waals surface area contributed by atoms with Gasteiger partial charge in [-0.3, -0.25) is 9.69 Å². The van der Waals surface area contributed by atoms with Gasteiger partial charge in [-0.1, -0.05) is 13.8 Å². The van der Waals surface area contributed by atoms with Gasteiger partial charge in [0.25, 0.3) is 0 Å². The lowest BCUT2D eigenvalue weighted by atomic mass is 9.58. The van der Waals surface area contributed by atoms with Crippen molar-refractivity contribution in [2.24, 2.45) is 11.8 Å². The Balaban J connectivity index is 1.79. The molecule has 1 aromatic rings. The molecule has 4 rings (SSSR count). The molecule has 2 N–H and O–H groups in total. The fourth-order valence-electron chi connectivity index (χ4n) is 4.43. The molecule has 2 aliphatic carbocycles. The first kappa shape index (κ1) is 13.3. The third-order valence-electron chi connectivity index (χ3n) is 6.17. The van der Waals surface area contributed by atoms with Crippen molar-refractivity contribution in [3.8, 4) is 0 Å². The molecule has 0 radical (unpaired) electrons. The van der Waals surface area contributed by atoms with Gasteiger partial charge in [-0.05, 0) is 66.8 Å². The Morgan fingerprint density at radius 1 is 1.38 bits per heavy atom. The van der Waals surface area contributed by atoms with Crippen molar-refractivity contribution in [2.45, 2.75) is 44.6 Å². The zero-order chi connectivity index (χ0) is 14.8. The predicted octanol–water partition coefficient (Wildman–Crippen LogP) is 2.84. The fourth-order valence-corrected chi connectivity index (χ4v) is 4.43. The summed E-state index contributed by atoms with van der Waals surface area (Å²) < 4.78 is 0. The number of piperidine rings is 1. The summed E-state index contributed by atoms with van der Waals surface area (Å²) in [6, 6.07) is 5.93. The van der Waals surface area contributed by atoms with Crippen LogP contribution in [-0.4, -0.2) is 29.8 Å². The first-order chi connectivity index (χ1) is 10.0. The second-order valence-corrected chi connectivity index (χ2v) is 7.51. The van der Waals surface area contributed by atoms with E-state index in [1.54, 1.807) is 0 Å². The van der Waals surface area contributed by atoms with Gasteiger partial charge in [0, 0.05) is 17.8 Å². The highest BCUT2D eigenvalue weighted by Crippen LogP contribution is 2.49. The maximum Gasteiger partial charge on any atom is 0.180 e. The number of hydrogen-bond donors (Lipinski definition) is 1. The van der Waals surface area contributed by atoms with Crippen molar-refractivity contribution in [1.29, 1.82) is 0 Å². The maximum absolute atomic E-state index is 13.0. The van der Waals surface area contributed by atoms with Crippen LogP contribution >= 0.6 is 0 Å². The quantitative estimate of drug-likeness (QED) is 0.849. The molecule has 21 heavy (non-hydrogen) atoms. The van der Waals surface area contributed by atoms with Crippen molar-refractivity contribution in [3.05, 3.63) is 29.3 Å². The SMILES string of the molecule is C[C@H]1[C@H]2C(=O)c3ccc(N)cc3C1(C)CCN2CC1CC1. The number of Topliss-reactive ketones (excluding diaryl/α,β-unsaturated/α-hetero) is 1. The molecular weight excluding hydrogens is 260 g/mol. The van der Waals surface area contributed by atoms with Crippen LogP contribution in [0.4, 0.5) is 5.69 Å². The Kier molecular flexibility index (Phi) is 2.74. The van der Waals surface area contributed by atoms with E-state index >= 15 is 0 Å². The number of benzene rings is 1. The zero-order valence-electron chi connectivity index (χ0n) is 12.9. The Labute approximate surface area is 126 Å². The summed E-state index contributed by atoms with van der Waals surface area (Å²) >= 11 is 0. The standard InChI is InChI=1S/C18H24N2O/c1-11-16-17(21)14-6-5-13(19)9-15(14)18(11,2)7-8-20(16)10-12-3-4-12/h5-6,9,11-12,16H,3-4,7-8,10,19H2,1-2H3/t11-,16-,18?/m0/s1. The van der Waals surface area contributed by atoms with Crippen LogP contribution in [0.1, 0.15) is 49.0 Å². The highest BCUT2D eigenvalue weighted by molar-refractivity contribution is 6.04. The molecule has 2 bridgehead atoms. The summed E-state index contributed by atoms with van der Waals surface area (Å²) in [6.45, 7) is 6.74. The highest BCUT2D eigenvalue weighted by atomic mass is 16.1. The summed E-state index contributed by atoms with van der Waals surface area (Å²) in [6.07, 6.45) is 3.81. The van der Waals surface area contributed by atoms with Gasteiger partial charge in [0.2, 0.25) is 0 Å². The minimum atomic E-state index is 0.0699. The van der Waals surface area contributed by atoms with Gasteiger partial charge >= 0.3 is 0 Å². The van der Waals surface area contributed by atoms with E-state index in [-0.39, 0.29) is 11.5 Å². The van der Waals surface area contributed by atoms with Crippen molar-refractivity contribution in [3.63, 3.8) is 0 Å². The number of nitrogens with zero attached hydrogens (tertiary/aromatic N) is 1.